The zero-order valence-electron chi connectivity index (χ0n) is 10.4. The second kappa shape index (κ2) is 6.61. The van der Waals surface area contributed by atoms with Crippen LogP contribution in [-0.4, -0.2) is 33.6 Å². The van der Waals surface area contributed by atoms with E-state index in [4.69, 9.17) is 0 Å². The number of nitrogens with one attached hydrogen (secondary N) is 2. The Kier molecular flexibility index (Phi) is 5.44. The second-order valence-electron chi connectivity index (χ2n) is 3.83. The summed E-state index contributed by atoms with van der Waals surface area (Å²) in [5.74, 6) is 0.00539. The van der Waals surface area contributed by atoms with Gasteiger partial charge in [-0.2, -0.15) is 0 Å². The highest BCUT2D eigenvalue weighted by Crippen LogP contribution is 2.23. The van der Waals surface area contributed by atoms with E-state index >= 15 is 0 Å². The van der Waals surface area contributed by atoms with Gasteiger partial charge in [-0.25, -0.2) is 0 Å². The van der Waals surface area contributed by atoms with Gasteiger partial charge in [0, 0.05) is 30.8 Å². The molecule has 4 nitrogen and oxygen atoms in total. The van der Waals surface area contributed by atoms with Crippen molar-refractivity contribution in [1.82, 2.24) is 10.6 Å². The number of hydrogen-bond donors (Lipinski definition) is 2. The van der Waals surface area contributed by atoms with Crippen molar-refractivity contribution in [3.8, 4) is 0 Å². The summed E-state index contributed by atoms with van der Waals surface area (Å²) >= 11 is 3.45. The van der Waals surface area contributed by atoms with Crippen molar-refractivity contribution in [2.75, 3.05) is 32.6 Å². The van der Waals surface area contributed by atoms with Crippen LogP contribution >= 0.6 is 15.9 Å². The number of hydrogen-bond acceptors (Lipinski definition) is 3. The number of benzene rings is 1. The smallest absolute Gasteiger partial charge is 0.239 e. The molecule has 5 heteroatoms. The molecular formula is C12H18BrN3O. The van der Waals surface area contributed by atoms with Gasteiger partial charge >= 0.3 is 0 Å². The molecule has 0 atom stereocenters. The Morgan fingerprint density at radius 2 is 2.12 bits per heavy atom. The average molecular weight is 300 g/mol. The number of carbonyl (C=O) groups is 1. The highest BCUT2D eigenvalue weighted by atomic mass is 79.9. The van der Waals surface area contributed by atoms with Gasteiger partial charge in [-0.1, -0.05) is 15.9 Å². The van der Waals surface area contributed by atoms with Gasteiger partial charge in [0.05, 0.1) is 6.54 Å². The standard InChI is InChI=1S/C12H18BrN3O/c1-14-7-9-6-10(13)4-5-11(9)16(3)8-12(17)15-2/h4-6,14H,7-8H2,1-3H3,(H,15,17). The molecular weight excluding hydrogens is 282 g/mol. The zero-order valence-corrected chi connectivity index (χ0v) is 12.0. The van der Waals surface area contributed by atoms with E-state index in [1.165, 1.54) is 0 Å². The molecule has 17 heavy (non-hydrogen) atoms. The van der Waals surface area contributed by atoms with Gasteiger partial charge in [-0.15, -0.1) is 0 Å². The van der Waals surface area contributed by atoms with Crippen LogP contribution in [0.15, 0.2) is 22.7 Å². The molecule has 0 saturated carbocycles. The molecule has 2 N–H and O–H groups in total. The number of rotatable bonds is 5. The lowest BCUT2D eigenvalue weighted by Crippen LogP contribution is -2.33. The Morgan fingerprint density at radius 1 is 1.41 bits per heavy atom. The summed E-state index contributed by atoms with van der Waals surface area (Å²) in [6, 6.07) is 6.06. The molecule has 0 spiro atoms. The lowest BCUT2D eigenvalue weighted by Gasteiger charge is -2.22. The minimum absolute atomic E-state index is 0.00539. The Balaban J connectivity index is 2.91. The monoisotopic (exact) mass is 299 g/mol. The minimum atomic E-state index is 0.00539. The molecule has 0 heterocycles. The van der Waals surface area contributed by atoms with E-state index < -0.39 is 0 Å². The third-order valence-corrected chi connectivity index (χ3v) is 2.97. The van der Waals surface area contributed by atoms with Crippen molar-refractivity contribution in [3.05, 3.63) is 28.2 Å². The average Bonchev–Trinajstić information content (AvgIpc) is 2.29. The van der Waals surface area contributed by atoms with Crippen molar-refractivity contribution < 1.29 is 4.79 Å². The highest BCUT2D eigenvalue weighted by molar-refractivity contribution is 9.10. The summed E-state index contributed by atoms with van der Waals surface area (Å²) in [4.78, 5) is 13.3. The van der Waals surface area contributed by atoms with Crippen LogP contribution in [0.5, 0.6) is 0 Å². The molecule has 0 aromatic heterocycles. The topological polar surface area (TPSA) is 44.4 Å². The fourth-order valence-electron chi connectivity index (χ4n) is 1.64. The van der Waals surface area contributed by atoms with Crippen LogP contribution in [-0.2, 0) is 11.3 Å². The third-order valence-electron chi connectivity index (χ3n) is 2.48. The molecule has 0 aliphatic carbocycles. The molecule has 1 aromatic rings. The summed E-state index contributed by atoms with van der Waals surface area (Å²) < 4.78 is 1.04. The number of nitrogens with zero attached hydrogens (tertiary/aromatic N) is 1. The summed E-state index contributed by atoms with van der Waals surface area (Å²) in [5, 5.41) is 5.75. The molecule has 0 aliphatic rings. The van der Waals surface area contributed by atoms with Crippen LogP contribution in [0.25, 0.3) is 0 Å². The maximum atomic E-state index is 11.4. The van der Waals surface area contributed by atoms with Crippen LogP contribution in [0.3, 0.4) is 0 Å². The zero-order chi connectivity index (χ0) is 12.8. The maximum absolute atomic E-state index is 11.4. The van der Waals surface area contributed by atoms with E-state index in [0.29, 0.717) is 6.54 Å². The van der Waals surface area contributed by atoms with Gasteiger partial charge in [0.1, 0.15) is 0 Å². The molecule has 0 bridgehead atoms. The predicted molar refractivity (Wildman–Crippen MR) is 74.2 cm³/mol. The Labute approximate surface area is 111 Å². The maximum Gasteiger partial charge on any atom is 0.239 e. The van der Waals surface area contributed by atoms with Crippen LogP contribution in [0.1, 0.15) is 5.56 Å². The van der Waals surface area contributed by atoms with Crippen molar-refractivity contribution in [2.45, 2.75) is 6.54 Å². The predicted octanol–water partition coefficient (Wildman–Crippen LogP) is 1.35. The summed E-state index contributed by atoms with van der Waals surface area (Å²) in [6.45, 7) is 1.13. The Morgan fingerprint density at radius 3 is 2.71 bits per heavy atom. The van der Waals surface area contributed by atoms with Gasteiger partial charge in [-0.3, -0.25) is 4.79 Å². The van der Waals surface area contributed by atoms with Crippen molar-refractivity contribution in [3.63, 3.8) is 0 Å². The second-order valence-corrected chi connectivity index (χ2v) is 4.75. The molecule has 0 unspecified atom stereocenters. The molecule has 0 aliphatic heterocycles. The van der Waals surface area contributed by atoms with E-state index in [0.717, 1.165) is 22.3 Å². The van der Waals surface area contributed by atoms with Gasteiger partial charge < -0.3 is 15.5 Å². The Bertz CT molecular complexity index is 395. The lowest BCUT2D eigenvalue weighted by atomic mass is 10.1. The first kappa shape index (κ1) is 14.0. The number of halogens is 1. The molecule has 0 radical (unpaired) electrons. The molecule has 0 fully saturated rings. The lowest BCUT2D eigenvalue weighted by molar-refractivity contribution is -0.119. The molecule has 94 valence electrons. The Hall–Kier alpha value is -1.07. The first-order chi connectivity index (χ1) is 8.08. The molecule has 1 aromatic carbocycles. The summed E-state index contributed by atoms with van der Waals surface area (Å²) in [6.07, 6.45) is 0. The summed E-state index contributed by atoms with van der Waals surface area (Å²) in [7, 11) is 5.47. The van der Waals surface area contributed by atoms with E-state index in [2.05, 4.69) is 32.6 Å². The van der Waals surface area contributed by atoms with Gasteiger partial charge in [-0.05, 0) is 30.8 Å². The number of likely N-dealkylation sites (N-methyl/N-ethyl adjacent to an activating group) is 2. The van der Waals surface area contributed by atoms with E-state index in [1.54, 1.807) is 7.05 Å². The fourth-order valence-corrected chi connectivity index (χ4v) is 2.05. The molecule has 1 rings (SSSR count). The highest BCUT2D eigenvalue weighted by Gasteiger charge is 2.10. The van der Waals surface area contributed by atoms with E-state index in [-0.39, 0.29) is 5.91 Å². The minimum Gasteiger partial charge on any atom is -0.365 e. The first-order valence-corrected chi connectivity index (χ1v) is 6.22. The largest absolute Gasteiger partial charge is 0.365 e. The normalized spacial score (nSPS) is 10.1. The van der Waals surface area contributed by atoms with Crippen molar-refractivity contribution in [1.29, 1.82) is 0 Å². The van der Waals surface area contributed by atoms with Crippen LogP contribution < -0.4 is 15.5 Å². The van der Waals surface area contributed by atoms with Crippen molar-refractivity contribution >= 4 is 27.5 Å². The van der Waals surface area contributed by atoms with Gasteiger partial charge in [0.15, 0.2) is 0 Å². The van der Waals surface area contributed by atoms with Gasteiger partial charge in [0.25, 0.3) is 0 Å². The molecule has 1 amide bonds. The quantitative estimate of drug-likeness (QED) is 0.863. The van der Waals surface area contributed by atoms with Crippen LogP contribution in [0.4, 0.5) is 5.69 Å². The molecule has 0 saturated heterocycles. The van der Waals surface area contributed by atoms with Crippen LogP contribution in [0, 0.1) is 0 Å². The first-order valence-electron chi connectivity index (χ1n) is 5.43. The SMILES string of the molecule is CNCc1cc(Br)ccc1N(C)CC(=O)NC. The number of carbonyl (C=O) groups excluding carboxylic acids is 1. The fraction of sp³-hybridized carbons (Fsp3) is 0.417. The number of amides is 1. The van der Waals surface area contributed by atoms with Gasteiger partial charge in [0.2, 0.25) is 5.91 Å². The van der Waals surface area contributed by atoms with Crippen molar-refractivity contribution in [2.24, 2.45) is 0 Å². The van der Waals surface area contributed by atoms with E-state index in [1.807, 2.05) is 31.1 Å². The summed E-state index contributed by atoms with van der Waals surface area (Å²) in [5.41, 5.74) is 2.22. The van der Waals surface area contributed by atoms with Crippen LogP contribution in [0.2, 0.25) is 0 Å². The third kappa shape index (κ3) is 4.02. The number of anilines is 1. The van der Waals surface area contributed by atoms with E-state index in [9.17, 15) is 4.79 Å².